The van der Waals surface area contributed by atoms with Crippen molar-refractivity contribution < 1.29 is 28.6 Å². The Kier molecular flexibility index (Phi) is 37.0. The summed E-state index contributed by atoms with van der Waals surface area (Å²) in [6.07, 6.45) is 40.3. The first-order chi connectivity index (χ1) is 24.0. The molecule has 1 atom stereocenters. The summed E-state index contributed by atoms with van der Waals surface area (Å²) in [4.78, 5) is 37.4. The number of rotatable bonds is 37. The van der Waals surface area contributed by atoms with E-state index in [2.05, 4.69) is 45.1 Å². The monoisotopic (exact) mass is 691 g/mol. The zero-order valence-electron chi connectivity index (χ0n) is 32.5. The van der Waals surface area contributed by atoms with E-state index in [-0.39, 0.29) is 31.1 Å². The van der Waals surface area contributed by atoms with Crippen molar-refractivity contribution in [3.8, 4) is 0 Å². The molecule has 0 saturated heterocycles. The van der Waals surface area contributed by atoms with Crippen LogP contribution in [0.25, 0.3) is 0 Å². The highest BCUT2D eigenvalue weighted by molar-refractivity contribution is 5.71. The molecule has 0 aliphatic carbocycles. The largest absolute Gasteiger partial charge is 0.462 e. The zero-order valence-corrected chi connectivity index (χ0v) is 32.5. The van der Waals surface area contributed by atoms with Crippen LogP contribution in [0.15, 0.2) is 24.3 Å². The average molecular weight is 691 g/mol. The predicted molar refractivity (Wildman–Crippen MR) is 206 cm³/mol. The van der Waals surface area contributed by atoms with E-state index in [0.29, 0.717) is 19.3 Å². The van der Waals surface area contributed by atoms with Gasteiger partial charge in [0.1, 0.15) is 13.2 Å². The SMILES string of the molecule is CCC/C=C\CCCCCCCC(=O)OC(COC(=O)CCCCCCC/C=C\CCCCCCC)COC(=O)CCCCCCCCC. The van der Waals surface area contributed by atoms with Gasteiger partial charge in [0, 0.05) is 19.3 Å². The van der Waals surface area contributed by atoms with Crippen LogP contribution < -0.4 is 0 Å². The number of ether oxygens (including phenoxy) is 3. The van der Waals surface area contributed by atoms with E-state index >= 15 is 0 Å². The third kappa shape index (κ3) is 37.0. The zero-order chi connectivity index (χ0) is 35.9. The molecule has 0 bridgehead atoms. The van der Waals surface area contributed by atoms with Crippen molar-refractivity contribution >= 4 is 17.9 Å². The fourth-order valence-electron chi connectivity index (χ4n) is 5.73. The number of allylic oxidation sites excluding steroid dienone is 4. The maximum absolute atomic E-state index is 12.6. The first-order valence-electron chi connectivity index (χ1n) is 20.8. The Morgan fingerprint density at radius 1 is 0.388 bits per heavy atom. The second-order valence-electron chi connectivity index (χ2n) is 13.9. The molecule has 6 heteroatoms. The van der Waals surface area contributed by atoms with Gasteiger partial charge in [-0.15, -0.1) is 0 Å². The molecule has 1 unspecified atom stereocenters. The van der Waals surface area contributed by atoms with Crippen LogP contribution in [-0.2, 0) is 28.6 Å². The molecule has 0 rings (SSSR count). The van der Waals surface area contributed by atoms with E-state index < -0.39 is 6.10 Å². The number of unbranched alkanes of at least 4 members (excludes halogenated alkanes) is 22. The number of hydrogen-bond acceptors (Lipinski definition) is 6. The maximum atomic E-state index is 12.6. The lowest BCUT2D eigenvalue weighted by Gasteiger charge is -2.18. The van der Waals surface area contributed by atoms with E-state index in [0.717, 1.165) is 83.5 Å². The minimum absolute atomic E-state index is 0.0762. The van der Waals surface area contributed by atoms with E-state index in [1.807, 2.05) is 0 Å². The lowest BCUT2D eigenvalue weighted by atomic mass is 10.1. The Bertz CT molecular complexity index is 804. The van der Waals surface area contributed by atoms with E-state index in [1.54, 1.807) is 0 Å². The predicted octanol–water partition coefficient (Wildman–Crippen LogP) is 12.9. The fraction of sp³-hybridized carbons (Fsp3) is 0.837. The third-order valence-corrected chi connectivity index (χ3v) is 8.91. The molecule has 0 radical (unpaired) electrons. The second-order valence-corrected chi connectivity index (χ2v) is 13.9. The summed E-state index contributed by atoms with van der Waals surface area (Å²) in [6, 6.07) is 0. The van der Waals surface area contributed by atoms with Crippen molar-refractivity contribution in [2.45, 2.75) is 219 Å². The summed E-state index contributed by atoms with van der Waals surface area (Å²) in [5.41, 5.74) is 0. The Morgan fingerprint density at radius 3 is 1.10 bits per heavy atom. The molecule has 0 spiro atoms. The Labute approximate surface area is 303 Å². The standard InChI is InChI=1S/C43H78O6/c1-4-7-10-13-16-18-20-21-22-23-25-27-30-33-36-42(45)48-39-40(38-47-41(44)35-32-29-26-15-12-9-6-3)49-43(46)37-34-31-28-24-19-17-14-11-8-5-2/h11,14,20-21,40H,4-10,12-13,15-19,22-39H2,1-3H3/b14-11-,21-20-. The molecule has 49 heavy (non-hydrogen) atoms. The lowest BCUT2D eigenvalue weighted by Crippen LogP contribution is -2.30. The molecule has 0 aromatic heterocycles. The summed E-state index contributed by atoms with van der Waals surface area (Å²) in [5.74, 6) is -0.904. The Balaban J connectivity index is 4.32. The fourth-order valence-corrected chi connectivity index (χ4v) is 5.73. The van der Waals surface area contributed by atoms with Gasteiger partial charge in [0.25, 0.3) is 0 Å². The highest BCUT2D eigenvalue weighted by Gasteiger charge is 2.19. The van der Waals surface area contributed by atoms with E-state index in [4.69, 9.17) is 14.2 Å². The molecule has 6 nitrogen and oxygen atoms in total. The Hall–Kier alpha value is -2.11. The molecule has 0 heterocycles. The second kappa shape index (κ2) is 38.7. The molecule has 0 amide bonds. The number of esters is 3. The summed E-state index contributed by atoms with van der Waals surface area (Å²) >= 11 is 0. The van der Waals surface area contributed by atoms with Gasteiger partial charge in [-0.05, 0) is 64.2 Å². The van der Waals surface area contributed by atoms with Crippen molar-refractivity contribution in [1.29, 1.82) is 0 Å². The van der Waals surface area contributed by atoms with Gasteiger partial charge in [-0.3, -0.25) is 14.4 Å². The van der Waals surface area contributed by atoms with Crippen LogP contribution in [0.2, 0.25) is 0 Å². The van der Waals surface area contributed by atoms with Crippen LogP contribution in [0.3, 0.4) is 0 Å². The molecular formula is C43H78O6. The number of hydrogen-bond donors (Lipinski definition) is 0. The van der Waals surface area contributed by atoms with Gasteiger partial charge in [0.2, 0.25) is 0 Å². The minimum atomic E-state index is -0.770. The van der Waals surface area contributed by atoms with Crippen molar-refractivity contribution in [2.24, 2.45) is 0 Å². The van der Waals surface area contributed by atoms with Gasteiger partial charge in [-0.25, -0.2) is 0 Å². The van der Waals surface area contributed by atoms with Gasteiger partial charge in [-0.2, -0.15) is 0 Å². The van der Waals surface area contributed by atoms with E-state index in [1.165, 1.54) is 89.9 Å². The number of carbonyl (C=O) groups excluding carboxylic acids is 3. The third-order valence-electron chi connectivity index (χ3n) is 8.91. The molecule has 0 aliphatic heterocycles. The van der Waals surface area contributed by atoms with Crippen LogP contribution in [0.5, 0.6) is 0 Å². The summed E-state index contributed by atoms with van der Waals surface area (Å²) in [6.45, 7) is 6.49. The molecule has 0 aliphatic rings. The van der Waals surface area contributed by atoms with Crippen molar-refractivity contribution in [2.75, 3.05) is 13.2 Å². The van der Waals surface area contributed by atoms with Gasteiger partial charge < -0.3 is 14.2 Å². The van der Waals surface area contributed by atoms with Gasteiger partial charge >= 0.3 is 17.9 Å². The maximum Gasteiger partial charge on any atom is 0.306 e. The van der Waals surface area contributed by atoms with Crippen molar-refractivity contribution in [3.63, 3.8) is 0 Å². The van der Waals surface area contributed by atoms with Gasteiger partial charge in [-0.1, -0.05) is 154 Å². The molecule has 0 saturated carbocycles. The van der Waals surface area contributed by atoms with Gasteiger partial charge in [0.15, 0.2) is 6.10 Å². The highest BCUT2D eigenvalue weighted by Crippen LogP contribution is 2.13. The normalized spacial score (nSPS) is 12.1. The molecule has 286 valence electrons. The summed E-state index contributed by atoms with van der Waals surface area (Å²) in [5, 5.41) is 0. The molecular weight excluding hydrogens is 612 g/mol. The lowest BCUT2D eigenvalue weighted by molar-refractivity contribution is -0.167. The topological polar surface area (TPSA) is 78.9 Å². The number of carbonyl (C=O) groups is 3. The Morgan fingerprint density at radius 2 is 0.714 bits per heavy atom. The first-order valence-corrected chi connectivity index (χ1v) is 20.8. The highest BCUT2D eigenvalue weighted by atomic mass is 16.6. The van der Waals surface area contributed by atoms with Crippen molar-refractivity contribution in [3.05, 3.63) is 24.3 Å². The smallest absolute Gasteiger partial charge is 0.306 e. The minimum Gasteiger partial charge on any atom is -0.462 e. The van der Waals surface area contributed by atoms with E-state index in [9.17, 15) is 14.4 Å². The van der Waals surface area contributed by atoms with Gasteiger partial charge in [0.05, 0.1) is 0 Å². The average Bonchev–Trinajstić information content (AvgIpc) is 3.10. The molecule has 0 N–H and O–H groups in total. The van der Waals surface area contributed by atoms with Crippen LogP contribution in [0, 0.1) is 0 Å². The molecule has 0 fully saturated rings. The molecule has 0 aromatic rings. The van der Waals surface area contributed by atoms with Crippen LogP contribution >= 0.6 is 0 Å². The van der Waals surface area contributed by atoms with Crippen LogP contribution in [0.4, 0.5) is 0 Å². The summed E-state index contributed by atoms with van der Waals surface area (Å²) < 4.78 is 16.6. The van der Waals surface area contributed by atoms with Crippen LogP contribution in [-0.4, -0.2) is 37.2 Å². The van der Waals surface area contributed by atoms with Crippen LogP contribution in [0.1, 0.15) is 213 Å². The quantitative estimate of drug-likeness (QED) is 0.0279. The van der Waals surface area contributed by atoms with Crippen molar-refractivity contribution in [1.82, 2.24) is 0 Å². The molecule has 0 aromatic carbocycles. The summed E-state index contributed by atoms with van der Waals surface area (Å²) in [7, 11) is 0. The first kappa shape index (κ1) is 46.9.